The van der Waals surface area contributed by atoms with Crippen molar-refractivity contribution in [3.8, 4) is 0 Å². The van der Waals surface area contributed by atoms with E-state index in [4.69, 9.17) is 5.11 Å². The smallest absolute Gasteiger partial charge is 0.271 e. The molecule has 0 bridgehead atoms. The Kier molecular flexibility index (Phi) is 5.28. The van der Waals surface area contributed by atoms with Crippen LogP contribution >= 0.6 is 0 Å². The van der Waals surface area contributed by atoms with Crippen LogP contribution in [-0.2, 0) is 0 Å². The fourth-order valence-electron chi connectivity index (χ4n) is 1.38. The molecule has 5 heteroatoms. The maximum Gasteiger partial charge on any atom is 0.271 e. The first kappa shape index (κ1) is 12.4. The van der Waals surface area contributed by atoms with Gasteiger partial charge in [-0.15, -0.1) is 0 Å². The van der Waals surface area contributed by atoms with Gasteiger partial charge in [0.1, 0.15) is 0 Å². The number of nitrogens with zero attached hydrogens (tertiary/aromatic N) is 1. The van der Waals surface area contributed by atoms with Crippen LogP contribution < -0.4 is 5.32 Å². The van der Waals surface area contributed by atoms with E-state index in [1.807, 2.05) is 0 Å². The second kappa shape index (κ2) is 6.79. The molecule has 0 saturated carbocycles. The zero-order valence-corrected chi connectivity index (χ0v) is 9.06. The van der Waals surface area contributed by atoms with Crippen molar-refractivity contribution in [2.75, 3.05) is 18.5 Å². The monoisotopic (exact) mass is 224 g/mol. The van der Waals surface area contributed by atoms with Gasteiger partial charge in [-0.2, -0.15) is 0 Å². The molecule has 0 radical (unpaired) electrons. The Balaban J connectivity index is 2.36. The number of nitro benzene ring substituents is 1. The lowest BCUT2D eigenvalue weighted by Crippen LogP contribution is -2.02. The molecule has 88 valence electrons. The minimum absolute atomic E-state index is 0.0976. The van der Waals surface area contributed by atoms with E-state index in [2.05, 4.69) is 5.32 Å². The highest BCUT2D eigenvalue weighted by molar-refractivity contribution is 5.50. The van der Waals surface area contributed by atoms with E-state index in [0.29, 0.717) is 0 Å². The highest BCUT2D eigenvalue weighted by atomic mass is 16.6. The third kappa shape index (κ3) is 4.27. The van der Waals surface area contributed by atoms with Crippen molar-refractivity contribution in [2.24, 2.45) is 0 Å². The number of anilines is 1. The number of nitrogens with one attached hydrogen (secondary N) is 1. The third-order valence-electron chi connectivity index (χ3n) is 2.22. The van der Waals surface area contributed by atoms with Gasteiger partial charge in [0.25, 0.3) is 5.69 Å². The predicted octanol–water partition coefficient (Wildman–Crippen LogP) is 2.17. The molecule has 0 aliphatic rings. The van der Waals surface area contributed by atoms with Gasteiger partial charge in [-0.05, 0) is 25.3 Å². The average Bonchev–Trinajstić information content (AvgIpc) is 2.29. The summed E-state index contributed by atoms with van der Waals surface area (Å²) in [5, 5.41) is 22.2. The van der Waals surface area contributed by atoms with E-state index in [1.54, 1.807) is 12.1 Å². The standard InChI is InChI=1S/C11H16N2O3/c14-8-3-1-2-7-12-10-5-4-6-11(9-10)13(15)16/h4-6,9,12,14H,1-3,7-8H2. The summed E-state index contributed by atoms with van der Waals surface area (Å²) in [6.07, 6.45) is 2.71. The molecule has 0 heterocycles. The Hall–Kier alpha value is -1.62. The zero-order chi connectivity index (χ0) is 11.8. The van der Waals surface area contributed by atoms with E-state index >= 15 is 0 Å². The maximum atomic E-state index is 10.5. The topological polar surface area (TPSA) is 75.4 Å². The number of benzene rings is 1. The summed E-state index contributed by atoms with van der Waals surface area (Å²) >= 11 is 0. The van der Waals surface area contributed by atoms with Crippen LogP contribution in [-0.4, -0.2) is 23.2 Å². The zero-order valence-electron chi connectivity index (χ0n) is 9.06. The lowest BCUT2D eigenvalue weighted by molar-refractivity contribution is -0.384. The highest BCUT2D eigenvalue weighted by Crippen LogP contribution is 2.16. The third-order valence-corrected chi connectivity index (χ3v) is 2.22. The van der Waals surface area contributed by atoms with Gasteiger partial charge in [0.05, 0.1) is 4.92 Å². The van der Waals surface area contributed by atoms with Gasteiger partial charge in [0.2, 0.25) is 0 Å². The van der Waals surface area contributed by atoms with Crippen LogP contribution in [0.25, 0.3) is 0 Å². The van der Waals surface area contributed by atoms with E-state index in [9.17, 15) is 10.1 Å². The molecule has 0 unspecified atom stereocenters. The fraction of sp³-hybridized carbons (Fsp3) is 0.455. The molecule has 0 fully saturated rings. The van der Waals surface area contributed by atoms with Gasteiger partial charge in [-0.1, -0.05) is 6.07 Å². The largest absolute Gasteiger partial charge is 0.396 e. The van der Waals surface area contributed by atoms with Crippen molar-refractivity contribution in [2.45, 2.75) is 19.3 Å². The van der Waals surface area contributed by atoms with Crippen molar-refractivity contribution in [1.29, 1.82) is 0 Å². The summed E-state index contributed by atoms with van der Waals surface area (Å²) in [6, 6.07) is 6.45. The SMILES string of the molecule is O=[N+]([O-])c1cccc(NCCCCCO)c1. The molecule has 0 amide bonds. The number of rotatable bonds is 7. The molecule has 0 spiro atoms. The fourth-order valence-corrected chi connectivity index (χ4v) is 1.38. The van der Waals surface area contributed by atoms with Crippen LogP contribution in [0.5, 0.6) is 0 Å². The van der Waals surface area contributed by atoms with E-state index in [1.165, 1.54) is 12.1 Å². The lowest BCUT2D eigenvalue weighted by atomic mass is 10.2. The first-order valence-corrected chi connectivity index (χ1v) is 5.33. The van der Waals surface area contributed by atoms with Gasteiger partial charge in [-0.3, -0.25) is 10.1 Å². The van der Waals surface area contributed by atoms with E-state index in [0.717, 1.165) is 31.5 Å². The number of aliphatic hydroxyl groups excluding tert-OH is 1. The molecule has 0 aromatic heterocycles. The van der Waals surface area contributed by atoms with Crippen molar-refractivity contribution in [3.05, 3.63) is 34.4 Å². The Labute approximate surface area is 94.3 Å². The molecule has 0 atom stereocenters. The molecule has 1 aromatic carbocycles. The molecule has 1 rings (SSSR count). The van der Waals surface area contributed by atoms with Crippen LogP contribution in [0.3, 0.4) is 0 Å². The molecule has 16 heavy (non-hydrogen) atoms. The van der Waals surface area contributed by atoms with Crippen LogP contribution in [0.2, 0.25) is 0 Å². The molecule has 5 nitrogen and oxygen atoms in total. The van der Waals surface area contributed by atoms with Crippen LogP contribution in [0, 0.1) is 10.1 Å². The first-order valence-electron chi connectivity index (χ1n) is 5.33. The van der Waals surface area contributed by atoms with Gasteiger partial charge >= 0.3 is 0 Å². The summed E-state index contributed by atoms with van der Waals surface area (Å²) in [4.78, 5) is 10.1. The minimum atomic E-state index is -0.406. The maximum absolute atomic E-state index is 10.5. The molecule has 0 aliphatic carbocycles. The van der Waals surface area contributed by atoms with Gasteiger partial charge in [-0.25, -0.2) is 0 Å². The number of non-ortho nitro benzene ring substituents is 1. The summed E-state index contributed by atoms with van der Waals surface area (Å²) in [6.45, 7) is 0.984. The minimum Gasteiger partial charge on any atom is -0.396 e. The average molecular weight is 224 g/mol. The second-order valence-electron chi connectivity index (χ2n) is 3.52. The molecule has 0 saturated heterocycles. The Morgan fingerprint density at radius 2 is 2.12 bits per heavy atom. The predicted molar refractivity (Wildman–Crippen MR) is 62.5 cm³/mol. The second-order valence-corrected chi connectivity index (χ2v) is 3.52. The number of unbranched alkanes of at least 4 members (excludes halogenated alkanes) is 2. The van der Waals surface area contributed by atoms with Crippen LogP contribution in [0.4, 0.5) is 11.4 Å². The summed E-state index contributed by atoms with van der Waals surface area (Å²) in [5.41, 5.74) is 0.860. The highest BCUT2D eigenvalue weighted by Gasteiger charge is 2.04. The normalized spacial score (nSPS) is 10.1. The number of aliphatic hydroxyl groups is 1. The number of hydrogen-bond donors (Lipinski definition) is 2. The van der Waals surface area contributed by atoms with Gasteiger partial charge in [0.15, 0.2) is 0 Å². The molecular formula is C11H16N2O3. The Morgan fingerprint density at radius 1 is 1.31 bits per heavy atom. The number of hydrogen-bond acceptors (Lipinski definition) is 4. The summed E-state index contributed by atoms with van der Waals surface area (Å²) in [5.74, 6) is 0. The van der Waals surface area contributed by atoms with E-state index < -0.39 is 4.92 Å². The van der Waals surface area contributed by atoms with Crippen LogP contribution in [0.1, 0.15) is 19.3 Å². The Morgan fingerprint density at radius 3 is 2.81 bits per heavy atom. The van der Waals surface area contributed by atoms with E-state index in [-0.39, 0.29) is 12.3 Å². The molecule has 0 aliphatic heterocycles. The van der Waals surface area contributed by atoms with Gasteiger partial charge < -0.3 is 10.4 Å². The summed E-state index contributed by atoms with van der Waals surface area (Å²) in [7, 11) is 0. The Bertz CT molecular complexity index is 342. The summed E-state index contributed by atoms with van der Waals surface area (Å²) < 4.78 is 0. The molecular weight excluding hydrogens is 208 g/mol. The first-order chi connectivity index (χ1) is 7.74. The molecule has 2 N–H and O–H groups in total. The van der Waals surface area contributed by atoms with Crippen molar-refractivity contribution < 1.29 is 10.0 Å². The van der Waals surface area contributed by atoms with Gasteiger partial charge in [0, 0.05) is 31.0 Å². The lowest BCUT2D eigenvalue weighted by Gasteiger charge is -2.05. The van der Waals surface area contributed by atoms with Crippen molar-refractivity contribution in [1.82, 2.24) is 0 Å². The van der Waals surface area contributed by atoms with Crippen molar-refractivity contribution >= 4 is 11.4 Å². The quantitative estimate of drug-likeness (QED) is 0.423. The van der Waals surface area contributed by atoms with Crippen molar-refractivity contribution in [3.63, 3.8) is 0 Å². The van der Waals surface area contributed by atoms with Crippen LogP contribution in [0.15, 0.2) is 24.3 Å². The number of nitro groups is 1. The molecule has 1 aromatic rings.